The van der Waals surface area contributed by atoms with Crippen LogP contribution in [0, 0.1) is 5.41 Å². The van der Waals surface area contributed by atoms with Gasteiger partial charge in [0.15, 0.2) is 5.82 Å². The standard InChI is InChI=1S/C15H24N2O3S/c1-3-11(2)21-10-12-16-13(20-17-12)8-15(9-14(18)19)6-4-5-7-15/h11H,3-10H2,1-2H3,(H,18,19). The number of hydrogen-bond donors (Lipinski definition) is 1. The number of hydrogen-bond acceptors (Lipinski definition) is 5. The van der Waals surface area contributed by atoms with E-state index in [2.05, 4.69) is 24.0 Å². The predicted octanol–water partition coefficient (Wildman–Crippen LogP) is 3.68. The fraction of sp³-hybridized carbons (Fsp3) is 0.800. The lowest BCUT2D eigenvalue weighted by Crippen LogP contribution is -2.24. The van der Waals surface area contributed by atoms with Crippen molar-refractivity contribution in [3.8, 4) is 0 Å². The van der Waals surface area contributed by atoms with E-state index in [0.29, 0.717) is 17.6 Å². The van der Waals surface area contributed by atoms with Gasteiger partial charge in [0, 0.05) is 11.7 Å². The Morgan fingerprint density at radius 2 is 2.19 bits per heavy atom. The summed E-state index contributed by atoms with van der Waals surface area (Å²) >= 11 is 1.82. The molecule has 21 heavy (non-hydrogen) atoms. The van der Waals surface area contributed by atoms with E-state index in [-0.39, 0.29) is 11.8 Å². The molecule has 118 valence electrons. The molecule has 0 saturated heterocycles. The average Bonchev–Trinajstić information content (AvgIpc) is 3.05. The van der Waals surface area contributed by atoms with E-state index in [4.69, 9.17) is 9.63 Å². The molecule has 0 amide bonds. The second-order valence-electron chi connectivity index (χ2n) is 6.09. The van der Waals surface area contributed by atoms with Gasteiger partial charge in [-0.25, -0.2) is 0 Å². The Bertz CT molecular complexity index is 469. The van der Waals surface area contributed by atoms with Gasteiger partial charge < -0.3 is 9.63 Å². The number of rotatable bonds is 8. The summed E-state index contributed by atoms with van der Waals surface area (Å²) in [7, 11) is 0. The molecule has 1 N–H and O–H groups in total. The lowest BCUT2D eigenvalue weighted by Gasteiger charge is -2.24. The normalized spacial score (nSPS) is 18.8. The van der Waals surface area contributed by atoms with Crippen LogP contribution in [0.1, 0.15) is 64.1 Å². The maximum Gasteiger partial charge on any atom is 0.303 e. The third-order valence-corrected chi connectivity index (χ3v) is 5.63. The summed E-state index contributed by atoms with van der Waals surface area (Å²) in [5.41, 5.74) is -0.181. The summed E-state index contributed by atoms with van der Waals surface area (Å²) < 4.78 is 5.33. The van der Waals surface area contributed by atoms with Crippen LogP contribution in [0.5, 0.6) is 0 Å². The highest BCUT2D eigenvalue weighted by Crippen LogP contribution is 2.43. The highest BCUT2D eigenvalue weighted by Gasteiger charge is 2.37. The first-order chi connectivity index (χ1) is 10.0. The van der Waals surface area contributed by atoms with Gasteiger partial charge in [0.05, 0.1) is 12.2 Å². The number of aliphatic carboxylic acids is 1. The maximum absolute atomic E-state index is 11.1. The van der Waals surface area contributed by atoms with Crippen molar-refractivity contribution in [2.45, 2.75) is 69.8 Å². The van der Waals surface area contributed by atoms with Crippen molar-refractivity contribution in [3.63, 3.8) is 0 Å². The predicted molar refractivity (Wildman–Crippen MR) is 82.2 cm³/mol. The Labute approximate surface area is 129 Å². The minimum atomic E-state index is -0.732. The van der Waals surface area contributed by atoms with Crippen LogP contribution < -0.4 is 0 Å². The third-order valence-electron chi connectivity index (χ3n) is 4.30. The number of thioether (sulfide) groups is 1. The van der Waals surface area contributed by atoms with Crippen molar-refractivity contribution >= 4 is 17.7 Å². The van der Waals surface area contributed by atoms with Crippen LogP contribution in [0.3, 0.4) is 0 Å². The number of carboxylic acid groups (broad SMARTS) is 1. The minimum Gasteiger partial charge on any atom is -0.481 e. The Hall–Kier alpha value is -1.04. The highest BCUT2D eigenvalue weighted by atomic mass is 32.2. The van der Waals surface area contributed by atoms with E-state index in [1.54, 1.807) is 0 Å². The second kappa shape index (κ2) is 7.29. The van der Waals surface area contributed by atoms with Crippen molar-refractivity contribution in [3.05, 3.63) is 11.7 Å². The number of carboxylic acids is 1. The zero-order chi connectivity index (χ0) is 15.3. The summed E-state index contributed by atoms with van der Waals surface area (Å²) in [6.07, 6.45) is 6.00. The van der Waals surface area contributed by atoms with E-state index in [1.165, 1.54) is 0 Å². The smallest absolute Gasteiger partial charge is 0.303 e. The van der Waals surface area contributed by atoms with Gasteiger partial charge in [0.25, 0.3) is 0 Å². The quantitative estimate of drug-likeness (QED) is 0.789. The topological polar surface area (TPSA) is 76.2 Å². The third kappa shape index (κ3) is 4.73. The van der Waals surface area contributed by atoms with E-state index in [1.807, 2.05) is 11.8 Å². The van der Waals surface area contributed by atoms with Gasteiger partial charge in [-0.1, -0.05) is 31.8 Å². The Kier molecular flexibility index (Phi) is 5.67. The minimum absolute atomic E-state index is 0.181. The molecular formula is C15H24N2O3S. The molecule has 1 saturated carbocycles. The molecule has 1 fully saturated rings. The molecule has 0 spiro atoms. The largest absolute Gasteiger partial charge is 0.481 e. The molecule has 1 heterocycles. The molecule has 1 unspecified atom stereocenters. The van der Waals surface area contributed by atoms with Crippen molar-refractivity contribution in [1.29, 1.82) is 0 Å². The van der Waals surface area contributed by atoms with E-state index in [0.717, 1.165) is 43.7 Å². The van der Waals surface area contributed by atoms with Crippen molar-refractivity contribution in [2.75, 3.05) is 0 Å². The van der Waals surface area contributed by atoms with E-state index < -0.39 is 5.97 Å². The average molecular weight is 312 g/mol. The molecular weight excluding hydrogens is 288 g/mol. The van der Waals surface area contributed by atoms with Gasteiger partial charge in [-0.2, -0.15) is 16.7 Å². The van der Waals surface area contributed by atoms with Crippen LogP contribution in [-0.4, -0.2) is 26.5 Å². The maximum atomic E-state index is 11.1. The lowest BCUT2D eigenvalue weighted by atomic mass is 9.79. The van der Waals surface area contributed by atoms with Crippen molar-refractivity contribution in [2.24, 2.45) is 5.41 Å². The summed E-state index contributed by atoms with van der Waals surface area (Å²) in [5, 5.41) is 13.7. The van der Waals surface area contributed by atoms with Crippen LogP contribution in [0.4, 0.5) is 0 Å². The van der Waals surface area contributed by atoms with Gasteiger partial charge in [-0.3, -0.25) is 4.79 Å². The number of carbonyl (C=O) groups is 1. The monoisotopic (exact) mass is 312 g/mol. The Morgan fingerprint density at radius 1 is 1.48 bits per heavy atom. The summed E-state index contributed by atoms with van der Waals surface area (Å²) in [4.78, 5) is 15.5. The second-order valence-corrected chi connectivity index (χ2v) is 7.52. The van der Waals surface area contributed by atoms with Crippen LogP contribution in [-0.2, 0) is 17.0 Å². The Morgan fingerprint density at radius 3 is 2.81 bits per heavy atom. The molecule has 5 nitrogen and oxygen atoms in total. The van der Waals surface area contributed by atoms with E-state index >= 15 is 0 Å². The first-order valence-electron chi connectivity index (χ1n) is 7.68. The first kappa shape index (κ1) is 16.3. The molecule has 0 aromatic carbocycles. The lowest BCUT2D eigenvalue weighted by molar-refractivity contribution is -0.139. The van der Waals surface area contributed by atoms with Gasteiger partial charge in [-0.05, 0) is 24.7 Å². The molecule has 1 aliphatic carbocycles. The zero-order valence-electron chi connectivity index (χ0n) is 12.8. The van der Waals surface area contributed by atoms with Gasteiger partial charge in [-0.15, -0.1) is 0 Å². The molecule has 6 heteroatoms. The molecule has 0 radical (unpaired) electrons. The molecule has 1 aromatic heterocycles. The Balaban J connectivity index is 1.95. The zero-order valence-corrected chi connectivity index (χ0v) is 13.6. The summed E-state index contributed by atoms with van der Waals surface area (Å²) in [6, 6.07) is 0. The van der Waals surface area contributed by atoms with Crippen LogP contribution in [0.15, 0.2) is 4.52 Å². The SMILES string of the molecule is CCC(C)SCc1noc(CC2(CC(=O)O)CCCC2)n1. The number of nitrogens with zero attached hydrogens (tertiary/aromatic N) is 2. The number of aromatic nitrogens is 2. The molecule has 1 atom stereocenters. The van der Waals surface area contributed by atoms with Crippen LogP contribution in [0.25, 0.3) is 0 Å². The van der Waals surface area contributed by atoms with Crippen LogP contribution in [0.2, 0.25) is 0 Å². The van der Waals surface area contributed by atoms with Crippen molar-refractivity contribution < 1.29 is 14.4 Å². The summed E-state index contributed by atoms with van der Waals surface area (Å²) in [5.74, 6) is 1.34. The fourth-order valence-corrected chi connectivity index (χ4v) is 3.72. The van der Waals surface area contributed by atoms with Gasteiger partial charge in [0.2, 0.25) is 5.89 Å². The highest BCUT2D eigenvalue weighted by molar-refractivity contribution is 7.99. The van der Waals surface area contributed by atoms with Crippen molar-refractivity contribution in [1.82, 2.24) is 10.1 Å². The van der Waals surface area contributed by atoms with Gasteiger partial charge >= 0.3 is 5.97 Å². The molecule has 0 bridgehead atoms. The van der Waals surface area contributed by atoms with Crippen LogP contribution >= 0.6 is 11.8 Å². The first-order valence-corrected chi connectivity index (χ1v) is 8.73. The molecule has 2 rings (SSSR count). The summed E-state index contributed by atoms with van der Waals surface area (Å²) in [6.45, 7) is 4.35. The van der Waals surface area contributed by atoms with Gasteiger partial charge in [0.1, 0.15) is 0 Å². The fourth-order valence-electron chi connectivity index (χ4n) is 2.94. The molecule has 0 aliphatic heterocycles. The molecule has 1 aromatic rings. The molecule has 1 aliphatic rings. The van der Waals surface area contributed by atoms with E-state index in [9.17, 15) is 4.79 Å².